The Morgan fingerprint density at radius 3 is 2.43 bits per heavy atom. The Balaban J connectivity index is 1.06. The van der Waals surface area contributed by atoms with Gasteiger partial charge in [-0.05, 0) is 118 Å². The summed E-state index contributed by atoms with van der Waals surface area (Å²) < 4.78 is 20.8. The number of carbonyl (C=O) groups is 3. The molecule has 2 aliphatic carbocycles. The third-order valence-corrected chi connectivity index (χ3v) is 17.6. The average Bonchev–Trinajstić information content (AvgIpc) is 4.18. The van der Waals surface area contributed by atoms with Gasteiger partial charge in [-0.3, -0.25) is 29.3 Å². The summed E-state index contributed by atoms with van der Waals surface area (Å²) >= 11 is 1.55. The van der Waals surface area contributed by atoms with Crippen LogP contribution in [0.2, 0.25) is 0 Å². The Bertz CT molecular complexity index is 2560. The standard InChI is InChI=1S/C53H70N8O6S/c1-29-23-59(24-29)48-46(56-49(62)44-30(2)31(44)3)51(63)60-16-8-9-41(57-60)52(64)67-28-53(5,6)21-40-38-19-34(42-27-68-50(48)55-42)10-13-43(38)61(37-25-66-26-37)47(40)39-20-35(22-54-45(39)32(4)65-7)33-14-17-58(18-15-33)36-11-12-36/h10,13,19-20,22,27,29-33,36-37,41,44,46,48,57H,8-9,11-12,14-18,21,23-26,28H2,1-7H3,(H,56,62)/t30-,31+,32-,41?,44?,46-,48-/m0/s1. The molecular formula is C53H70N8O6S. The van der Waals surface area contributed by atoms with Crippen LogP contribution in [0.25, 0.3) is 33.4 Å². The zero-order valence-corrected chi connectivity index (χ0v) is 41.8. The van der Waals surface area contributed by atoms with Crippen molar-refractivity contribution in [2.75, 3.05) is 59.7 Å². The van der Waals surface area contributed by atoms with Gasteiger partial charge in [0.2, 0.25) is 5.91 Å². The minimum Gasteiger partial charge on any atom is -0.464 e. The summed E-state index contributed by atoms with van der Waals surface area (Å²) in [6, 6.07) is 7.89. The van der Waals surface area contributed by atoms with Gasteiger partial charge in [0.15, 0.2) is 0 Å². The molecule has 6 fully saturated rings. The number of benzene rings is 1. The number of likely N-dealkylation sites (tertiary alicyclic amines) is 2. The van der Waals surface area contributed by atoms with Crippen molar-refractivity contribution < 1.29 is 28.6 Å². The number of nitrogens with zero attached hydrogens (tertiary/aromatic N) is 6. The fourth-order valence-corrected chi connectivity index (χ4v) is 13.0. The summed E-state index contributed by atoms with van der Waals surface area (Å²) in [4.78, 5) is 58.9. The van der Waals surface area contributed by atoms with Gasteiger partial charge in [-0.15, -0.1) is 11.3 Å². The van der Waals surface area contributed by atoms with Gasteiger partial charge in [-0.25, -0.2) is 10.4 Å². The molecule has 1 aromatic carbocycles. The molecule has 2 amide bonds. The van der Waals surface area contributed by atoms with Crippen LogP contribution in [0.4, 0.5) is 0 Å². The number of pyridine rings is 1. The van der Waals surface area contributed by atoms with E-state index in [1.54, 1.807) is 23.5 Å². The number of hydrazine groups is 1. The SMILES string of the molecule is CO[C@@H](C)c1ncc(C2CCN(C3CC3)CC2)cc1-c1c2c3cc(ccc3n1C1COC1)-c1csc(n1)[C@@H](N1CC(C)C1)[C@H](NC(=O)C1[C@@H](C)[C@H]1C)C(=O)N1CCCC(N1)C(=O)OCC(C)(C)C2. The van der Waals surface area contributed by atoms with Gasteiger partial charge in [0.1, 0.15) is 17.1 Å². The first-order valence-electron chi connectivity index (χ1n) is 25.5. The molecule has 4 saturated heterocycles. The molecule has 0 spiro atoms. The van der Waals surface area contributed by atoms with Crippen LogP contribution >= 0.6 is 11.3 Å². The van der Waals surface area contributed by atoms with Crippen LogP contribution in [0.15, 0.2) is 35.8 Å². The van der Waals surface area contributed by atoms with E-state index in [-0.39, 0.29) is 54.3 Å². The molecule has 6 bridgehead atoms. The summed E-state index contributed by atoms with van der Waals surface area (Å²) in [6.45, 7) is 18.4. The van der Waals surface area contributed by atoms with E-state index in [9.17, 15) is 14.4 Å². The van der Waals surface area contributed by atoms with E-state index in [1.165, 1.54) is 24.0 Å². The summed E-state index contributed by atoms with van der Waals surface area (Å²) in [6.07, 6.45) is 8.50. The van der Waals surface area contributed by atoms with Crippen LogP contribution < -0.4 is 10.7 Å². The zero-order chi connectivity index (χ0) is 47.2. The lowest BCUT2D eigenvalue weighted by atomic mass is 9.83. The van der Waals surface area contributed by atoms with Crippen LogP contribution in [-0.4, -0.2) is 125 Å². The number of amides is 2. The summed E-state index contributed by atoms with van der Waals surface area (Å²) in [7, 11) is 1.76. The molecule has 2 N–H and O–H groups in total. The van der Waals surface area contributed by atoms with Crippen LogP contribution in [0.3, 0.4) is 0 Å². The number of aromatic nitrogens is 3. The Morgan fingerprint density at radius 2 is 1.75 bits per heavy atom. The third-order valence-electron chi connectivity index (χ3n) is 16.6. The molecule has 364 valence electrons. The average molecular weight is 947 g/mol. The molecule has 8 heterocycles. The first-order valence-corrected chi connectivity index (χ1v) is 26.4. The lowest BCUT2D eigenvalue weighted by Crippen LogP contribution is -2.64. The second-order valence-electron chi connectivity index (χ2n) is 22.3. The largest absolute Gasteiger partial charge is 0.464 e. The second kappa shape index (κ2) is 18.2. The molecular weight excluding hydrogens is 877 g/mol. The van der Waals surface area contributed by atoms with Gasteiger partial charge in [0.05, 0.1) is 55.1 Å². The van der Waals surface area contributed by atoms with Crippen LogP contribution in [-0.2, 0) is 35.0 Å². The number of piperidine rings is 1. The van der Waals surface area contributed by atoms with Gasteiger partial charge >= 0.3 is 5.97 Å². The Labute approximate surface area is 404 Å². The van der Waals surface area contributed by atoms with Crippen molar-refractivity contribution in [3.8, 4) is 22.5 Å². The molecule has 7 aliphatic rings. The normalized spacial score (nSPS) is 29.2. The number of thiazole rings is 1. The van der Waals surface area contributed by atoms with Crippen molar-refractivity contribution in [2.45, 2.75) is 129 Å². The highest BCUT2D eigenvalue weighted by atomic mass is 32.1. The molecule has 14 nitrogen and oxygen atoms in total. The summed E-state index contributed by atoms with van der Waals surface area (Å²) in [5, 5.41) is 8.85. The number of carbonyl (C=O) groups excluding carboxylic acids is 3. The monoisotopic (exact) mass is 947 g/mol. The van der Waals surface area contributed by atoms with E-state index in [1.807, 2.05) is 0 Å². The van der Waals surface area contributed by atoms with E-state index in [4.69, 9.17) is 24.2 Å². The number of nitrogens with one attached hydrogen (secondary N) is 2. The molecule has 15 heteroatoms. The van der Waals surface area contributed by atoms with Crippen molar-refractivity contribution in [3.05, 3.63) is 57.7 Å². The Kier molecular flexibility index (Phi) is 12.3. The maximum atomic E-state index is 15.0. The number of hydrogen-bond acceptors (Lipinski definition) is 12. The summed E-state index contributed by atoms with van der Waals surface area (Å²) in [5.74, 6) is 0.449. The van der Waals surface area contributed by atoms with Crippen molar-refractivity contribution in [1.29, 1.82) is 0 Å². The molecule has 3 aromatic heterocycles. The number of rotatable bonds is 9. The fourth-order valence-electron chi connectivity index (χ4n) is 12.0. The van der Waals surface area contributed by atoms with Crippen molar-refractivity contribution >= 4 is 40.0 Å². The van der Waals surface area contributed by atoms with Crippen LogP contribution in [0.1, 0.15) is 126 Å². The highest BCUT2D eigenvalue weighted by Gasteiger charge is 2.51. The first-order chi connectivity index (χ1) is 32.8. The predicted octanol–water partition coefficient (Wildman–Crippen LogP) is 7.45. The lowest BCUT2D eigenvalue weighted by molar-refractivity contribution is -0.156. The molecule has 4 aromatic rings. The first kappa shape index (κ1) is 46.2. The minimum atomic E-state index is -0.914. The molecule has 2 unspecified atom stereocenters. The number of ether oxygens (including phenoxy) is 3. The highest BCUT2D eigenvalue weighted by Crippen LogP contribution is 2.48. The number of methoxy groups -OCH3 is 1. The smallest absolute Gasteiger partial charge is 0.324 e. The Morgan fingerprint density at radius 1 is 0.985 bits per heavy atom. The number of cyclic esters (lactones) is 1. The quantitative estimate of drug-likeness (QED) is 0.162. The van der Waals surface area contributed by atoms with Crippen molar-refractivity contribution in [2.24, 2.45) is 29.1 Å². The lowest BCUT2D eigenvalue weighted by Gasteiger charge is -2.46. The molecule has 0 radical (unpaired) electrons. The predicted molar refractivity (Wildman–Crippen MR) is 262 cm³/mol. The molecule has 5 aliphatic heterocycles. The molecule has 11 rings (SSSR count). The topological polar surface area (TPSA) is 143 Å². The molecule has 2 saturated carbocycles. The maximum Gasteiger partial charge on any atom is 0.324 e. The van der Waals surface area contributed by atoms with Gasteiger partial charge in [0, 0.05) is 77.7 Å². The molecule has 68 heavy (non-hydrogen) atoms. The van der Waals surface area contributed by atoms with Gasteiger partial charge in [-0.1, -0.05) is 40.7 Å². The number of fused-ring (bicyclic) bond motifs is 6. The highest BCUT2D eigenvalue weighted by molar-refractivity contribution is 7.10. The maximum absolute atomic E-state index is 15.0. The van der Waals surface area contributed by atoms with E-state index in [0.29, 0.717) is 50.9 Å². The van der Waals surface area contributed by atoms with E-state index < -0.39 is 23.5 Å². The van der Waals surface area contributed by atoms with Gasteiger partial charge < -0.3 is 29.0 Å². The van der Waals surface area contributed by atoms with Crippen molar-refractivity contribution in [3.63, 3.8) is 0 Å². The second-order valence-corrected chi connectivity index (χ2v) is 23.2. The van der Waals surface area contributed by atoms with Gasteiger partial charge in [0.25, 0.3) is 5.91 Å². The van der Waals surface area contributed by atoms with E-state index in [0.717, 1.165) is 89.2 Å². The van der Waals surface area contributed by atoms with Crippen LogP contribution in [0.5, 0.6) is 0 Å². The number of hydrogen-bond donors (Lipinski definition) is 2. The Hall–Kier alpha value is -4.25. The van der Waals surface area contributed by atoms with Gasteiger partial charge in [-0.2, -0.15) is 0 Å². The van der Waals surface area contributed by atoms with E-state index >= 15 is 0 Å². The zero-order valence-electron chi connectivity index (χ0n) is 41.0. The third kappa shape index (κ3) is 8.60. The number of esters is 1. The molecule has 7 atom stereocenters. The van der Waals surface area contributed by atoms with Crippen LogP contribution in [0, 0.1) is 29.1 Å². The van der Waals surface area contributed by atoms with E-state index in [2.05, 4.69) is 102 Å². The summed E-state index contributed by atoms with van der Waals surface area (Å²) in [5.41, 5.74) is 11.3. The fraction of sp³-hybridized carbons (Fsp3) is 0.642. The van der Waals surface area contributed by atoms with Crippen molar-refractivity contribution in [1.82, 2.24) is 40.1 Å². The minimum absolute atomic E-state index is 0.103.